The number of imidazole rings is 1. The summed E-state index contributed by atoms with van der Waals surface area (Å²) in [5.41, 5.74) is 4.82. The number of nitrogens with zero attached hydrogens (tertiary/aromatic N) is 3. The molecule has 0 saturated carbocycles. The van der Waals surface area contributed by atoms with Gasteiger partial charge in [0.05, 0.1) is 17.6 Å². The van der Waals surface area contributed by atoms with Crippen molar-refractivity contribution in [3.63, 3.8) is 0 Å². The molecule has 4 rings (SSSR count). The zero-order chi connectivity index (χ0) is 16.5. The fourth-order valence-electron chi connectivity index (χ4n) is 3.50. The van der Waals surface area contributed by atoms with Gasteiger partial charge in [-0.3, -0.25) is 4.90 Å². The number of hydrogen-bond acceptors (Lipinski definition) is 2. The molecule has 4 heteroatoms. The van der Waals surface area contributed by atoms with Gasteiger partial charge in [0.1, 0.15) is 5.82 Å². The molecule has 0 unspecified atom stereocenters. The second-order valence-electron chi connectivity index (χ2n) is 6.72. The predicted octanol–water partition coefficient (Wildman–Crippen LogP) is 4.64. The van der Waals surface area contributed by atoms with Crippen molar-refractivity contribution in [3.8, 4) is 0 Å². The Morgan fingerprint density at radius 1 is 1.00 bits per heavy atom. The van der Waals surface area contributed by atoms with Crippen molar-refractivity contribution in [2.24, 2.45) is 0 Å². The maximum absolute atomic E-state index is 6.02. The summed E-state index contributed by atoms with van der Waals surface area (Å²) < 4.78 is 2.36. The Kier molecular flexibility index (Phi) is 4.30. The number of hydrogen-bond donors (Lipinski definition) is 0. The van der Waals surface area contributed by atoms with E-state index < -0.39 is 0 Å². The molecule has 1 fully saturated rings. The normalized spacial score (nSPS) is 15.4. The summed E-state index contributed by atoms with van der Waals surface area (Å²) in [5.74, 6) is 1.16. The topological polar surface area (TPSA) is 21.1 Å². The van der Waals surface area contributed by atoms with E-state index in [1.54, 1.807) is 0 Å². The second-order valence-corrected chi connectivity index (χ2v) is 7.15. The lowest BCUT2D eigenvalue weighted by atomic mass is 10.2. The number of rotatable bonds is 4. The molecule has 0 bridgehead atoms. The summed E-state index contributed by atoms with van der Waals surface area (Å²) in [7, 11) is 0. The lowest BCUT2D eigenvalue weighted by Crippen LogP contribution is -2.21. The number of benzene rings is 2. The molecule has 1 aliphatic rings. The quantitative estimate of drug-likeness (QED) is 0.690. The number of halogens is 1. The Labute approximate surface area is 147 Å². The SMILES string of the molecule is Cc1ccc2c(c1)nc(CN1CCCC1)n2Cc1ccc(Cl)cc1. The largest absolute Gasteiger partial charge is 0.322 e. The molecule has 0 radical (unpaired) electrons. The van der Waals surface area contributed by atoms with Gasteiger partial charge in [0.2, 0.25) is 0 Å². The molecule has 0 spiro atoms. The van der Waals surface area contributed by atoms with E-state index in [-0.39, 0.29) is 0 Å². The van der Waals surface area contributed by atoms with Crippen LogP contribution in [-0.4, -0.2) is 27.5 Å². The zero-order valence-corrected chi connectivity index (χ0v) is 14.8. The Morgan fingerprint density at radius 3 is 2.50 bits per heavy atom. The van der Waals surface area contributed by atoms with Crippen LogP contribution in [0.25, 0.3) is 11.0 Å². The van der Waals surface area contributed by atoms with Crippen LogP contribution in [0.3, 0.4) is 0 Å². The minimum absolute atomic E-state index is 0.780. The van der Waals surface area contributed by atoms with Crippen molar-refractivity contribution in [1.82, 2.24) is 14.5 Å². The monoisotopic (exact) mass is 339 g/mol. The third kappa shape index (κ3) is 3.19. The van der Waals surface area contributed by atoms with Gasteiger partial charge in [0, 0.05) is 11.6 Å². The van der Waals surface area contributed by atoms with Gasteiger partial charge in [-0.05, 0) is 68.2 Å². The van der Waals surface area contributed by atoms with E-state index in [1.807, 2.05) is 12.1 Å². The molecule has 2 heterocycles. The van der Waals surface area contributed by atoms with Crippen LogP contribution in [0.4, 0.5) is 0 Å². The van der Waals surface area contributed by atoms with Crippen LogP contribution < -0.4 is 0 Å². The van der Waals surface area contributed by atoms with Crippen LogP contribution >= 0.6 is 11.6 Å². The Balaban J connectivity index is 1.73. The standard InChI is InChI=1S/C20H22ClN3/c1-15-4-9-19-18(12-15)22-20(14-23-10-2-3-11-23)24(19)13-16-5-7-17(21)8-6-16/h4-9,12H,2-3,10-11,13-14H2,1H3. The Bertz CT molecular complexity index is 845. The minimum atomic E-state index is 0.780. The average molecular weight is 340 g/mol. The van der Waals surface area contributed by atoms with Crippen molar-refractivity contribution in [2.45, 2.75) is 32.9 Å². The number of likely N-dealkylation sites (tertiary alicyclic amines) is 1. The maximum Gasteiger partial charge on any atom is 0.124 e. The minimum Gasteiger partial charge on any atom is -0.322 e. The third-order valence-corrected chi connectivity index (χ3v) is 5.05. The van der Waals surface area contributed by atoms with E-state index in [1.165, 1.54) is 42.6 Å². The predicted molar refractivity (Wildman–Crippen MR) is 99.5 cm³/mol. The van der Waals surface area contributed by atoms with Gasteiger partial charge in [-0.25, -0.2) is 4.98 Å². The van der Waals surface area contributed by atoms with Crippen LogP contribution in [0, 0.1) is 6.92 Å². The third-order valence-electron chi connectivity index (χ3n) is 4.80. The Morgan fingerprint density at radius 2 is 1.75 bits per heavy atom. The molecule has 1 aromatic heterocycles. The second kappa shape index (κ2) is 6.58. The van der Waals surface area contributed by atoms with Crippen molar-refractivity contribution < 1.29 is 0 Å². The maximum atomic E-state index is 6.02. The molecule has 2 aromatic carbocycles. The highest BCUT2D eigenvalue weighted by Crippen LogP contribution is 2.22. The van der Waals surface area contributed by atoms with Crippen LogP contribution in [0.2, 0.25) is 5.02 Å². The first-order valence-corrected chi connectivity index (χ1v) is 8.99. The first kappa shape index (κ1) is 15.7. The Hall–Kier alpha value is -1.84. The summed E-state index contributed by atoms with van der Waals surface area (Å²) in [5, 5.41) is 0.780. The highest BCUT2D eigenvalue weighted by molar-refractivity contribution is 6.30. The van der Waals surface area contributed by atoms with Gasteiger partial charge in [0.15, 0.2) is 0 Å². The summed E-state index contributed by atoms with van der Waals surface area (Å²) in [6, 6.07) is 14.7. The van der Waals surface area contributed by atoms with Crippen molar-refractivity contribution in [1.29, 1.82) is 0 Å². The lowest BCUT2D eigenvalue weighted by molar-refractivity contribution is 0.318. The molecule has 1 aliphatic heterocycles. The molecular formula is C20H22ClN3. The molecule has 3 aromatic rings. The molecule has 1 saturated heterocycles. The molecule has 24 heavy (non-hydrogen) atoms. The number of aromatic nitrogens is 2. The van der Waals surface area contributed by atoms with Crippen molar-refractivity contribution >= 4 is 22.6 Å². The average Bonchev–Trinajstić information content (AvgIpc) is 3.18. The molecular weight excluding hydrogens is 318 g/mol. The van der Waals surface area contributed by atoms with E-state index in [9.17, 15) is 0 Å². The number of fused-ring (bicyclic) bond motifs is 1. The van der Waals surface area contributed by atoms with Gasteiger partial charge < -0.3 is 4.57 Å². The molecule has 0 atom stereocenters. The van der Waals surface area contributed by atoms with Gasteiger partial charge in [-0.15, -0.1) is 0 Å². The summed E-state index contributed by atoms with van der Waals surface area (Å²) in [6.45, 7) is 6.26. The van der Waals surface area contributed by atoms with Crippen LogP contribution in [0.5, 0.6) is 0 Å². The van der Waals surface area contributed by atoms with E-state index in [0.717, 1.165) is 29.5 Å². The summed E-state index contributed by atoms with van der Waals surface area (Å²) in [6.07, 6.45) is 2.60. The first-order chi connectivity index (χ1) is 11.7. The zero-order valence-electron chi connectivity index (χ0n) is 14.0. The van der Waals surface area contributed by atoms with Gasteiger partial charge in [-0.2, -0.15) is 0 Å². The van der Waals surface area contributed by atoms with Gasteiger partial charge in [-0.1, -0.05) is 29.8 Å². The van der Waals surface area contributed by atoms with Gasteiger partial charge >= 0.3 is 0 Å². The fraction of sp³-hybridized carbons (Fsp3) is 0.350. The van der Waals surface area contributed by atoms with E-state index in [2.05, 4.69) is 46.7 Å². The van der Waals surface area contributed by atoms with Crippen LogP contribution in [0.1, 0.15) is 29.8 Å². The fourth-order valence-corrected chi connectivity index (χ4v) is 3.63. The molecule has 3 nitrogen and oxygen atoms in total. The van der Waals surface area contributed by atoms with Crippen LogP contribution in [0.15, 0.2) is 42.5 Å². The van der Waals surface area contributed by atoms with Crippen molar-refractivity contribution in [3.05, 3.63) is 64.4 Å². The van der Waals surface area contributed by atoms with E-state index >= 15 is 0 Å². The van der Waals surface area contributed by atoms with E-state index in [0.29, 0.717) is 0 Å². The van der Waals surface area contributed by atoms with Gasteiger partial charge in [0.25, 0.3) is 0 Å². The number of aryl methyl sites for hydroxylation is 1. The smallest absolute Gasteiger partial charge is 0.124 e. The van der Waals surface area contributed by atoms with Crippen LogP contribution in [-0.2, 0) is 13.1 Å². The molecule has 0 N–H and O–H groups in total. The summed E-state index contributed by atoms with van der Waals surface area (Å²) in [4.78, 5) is 7.45. The highest BCUT2D eigenvalue weighted by atomic mass is 35.5. The first-order valence-electron chi connectivity index (χ1n) is 8.61. The lowest BCUT2D eigenvalue weighted by Gasteiger charge is -2.16. The molecule has 0 aliphatic carbocycles. The molecule has 0 amide bonds. The highest BCUT2D eigenvalue weighted by Gasteiger charge is 2.17. The molecule has 124 valence electrons. The van der Waals surface area contributed by atoms with E-state index in [4.69, 9.17) is 16.6 Å². The summed E-state index contributed by atoms with van der Waals surface area (Å²) >= 11 is 6.02. The van der Waals surface area contributed by atoms with Crippen molar-refractivity contribution in [2.75, 3.05) is 13.1 Å².